The SMILES string of the molecule is COC(=O)c1cc(C#N)c(SCC(=O)Nc2cc(Cl)cc(Cl)c2)nc1C(OC)OC. The Kier molecular flexibility index (Phi) is 8.89. The summed E-state index contributed by atoms with van der Waals surface area (Å²) in [6.45, 7) is 0. The number of esters is 1. The fourth-order valence-electron chi connectivity index (χ4n) is 2.43. The molecule has 0 saturated carbocycles. The van der Waals surface area contributed by atoms with Gasteiger partial charge in [0.25, 0.3) is 0 Å². The molecule has 0 aliphatic rings. The fraction of sp³-hybridized carbons (Fsp3) is 0.263. The molecule has 0 atom stereocenters. The molecule has 1 heterocycles. The molecule has 0 spiro atoms. The Morgan fingerprint density at radius 3 is 2.33 bits per heavy atom. The van der Waals surface area contributed by atoms with Crippen molar-refractivity contribution in [1.82, 2.24) is 4.98 Å². The van der Waals surface area contributed by atoms with E-state index in [4.69, 9.17) is 37.4 Å². The van der Waals surface area contributed by atoms with Crippen LogP contribution in [0.2, 0.25) is 10.0 Å². The smallest absolute Gasteiger partial charge is 0.339 e. The number of thioether (sulfide) groups is 1. The maximum Gasteiger partial charge on any atom is 0.339 e. The van der Waals surface area contributed by atoms with E-state index in [1.165, 1.54) is 27.4 Å². The van der Waals surface area contributed by atoms with Crippen molar-refractivity contribution < 1.29 is 23.8 Å². The highest BCUT2D eigenvalue weighted by Crippen LogP contribution is 2.29. The largest absolute Gasteiger partial charge is 0.465 e. The lowest BCUT2D eigenvalue weighted by Gasteiger charge is -2.17. The Bertz CT molecular complexity index is 973. The number of anilines is 1. The zero-order valence-electron chi connectivity index (χ0n) is 16.2. The Morgan fingerprint density at radius 2 is 1.80 bits per heavy atom. The minimum Gasteiger partial charge on any atom is -0.465 e. The van der Waals surface area contributed by atoms with Gasteiger partial charge in [0.1, 0.15) is 16.8 Å². The monoisotopic (exact) mass is 469 g/mol. The number of nitriles is 1. The van der Waals surface area contributed by atoms with Gasteiger partial charge >= 0.3 is 5.97 Å². The van der Waals surface area contributed by atoms with Crippen LogP contribution in [0.5, 0.6) is 0 Å². The Hall–Kier alpha value is -2.35. The minimum atomic E-state index is -0.964. The normalized spacial score (nSPS) is 10.6. The number of nitrogens with one attached hydrogen (secondary N) is 1. The van der Waals surface area contributed by atoms with Gasteiger partial charge in [0.15, 0.2) is 0 Å². The van der Waals surface area contributed by atoms with Crippen LogP contribution in [0.3, 0.4) is 0 Å². The summed E-state index contributed by atoms with van der Waals surface area (Å²) in [4.78, 5) is 28.7. The van der Waals surface area contributed by atoms with Gasteiger partial charge in [-0.15, -0.1) is 0 Å². The molecular formula is C19H17Cl2N3O5S. The van der Waals surface area contributed by atoms with E-state index in [0.29, 0.717) is 15.7 Å². The number of pyridine rings is 1. The second-order valence-electron chi connectivity index (χ2n) is 5.68. The summed E-state index contributed by atoms with van der Waals surface area (Å²) in [6, 6.07) is 7.95. The number of ether oxygens (including phenoxy) is 3. The molecule has 2 rings (SSSR count). The molecule has 0 fully saturated rings. The molecule has 1 aromatic carbocycles. The van der Waals surface area contributed by atoms with Crippen molar-refractivity contribution in [2.75, 3.05) is 32.4 Å². The fourth-order valence-corrected chi connectivity index (χ4v) is 3.72. The minimum absolute atomic E-state index is 0.0325. The Balaban J connectivity index is 2.27. The molecule has 11 heteroatoms. The van der Waals surface area contributed by atoms with Crippen LogP contribution >= 0.6 is 35.0 Å². The van der Waals surface area contributed by atoms with Crippen LogP contribution in [0.15, 0.2) is 29.3 Å². The molecule has 30 heavy (non-hydrogen) atoms. The van der Waals surface area contributed by atoms with Crippen LogP contribution in [0.1, 0.15) is 27.9 Å². The number of methoxy groups -OCH3 is 3. The maximum atomic E-state index is 12.3. The van der Waals surface area contributed by atoms with Crippen molar-refractivity contribution in [1.29, 1.82) is 5.26 Å². The van der Waals surface area contributed by atoms with Crippen molar-refractivity contribution >= 4 is 52.5 Å². The van der Waals surface area contributed by atoms with Gasteiger partial charge < -0.3 is 19.5 Å². The van der Waals surface area contributed by atoms with Gasteiger partial charge in [0.05, 0.1) is 24.0 Å². The van der Waals surface area contributed by atoms with E-state index < -0.39 is 12.3 Å². The topological polar surface area (TPSA) is 111 Å². The van der Waals surface area contributed by atoms with Crippen molar-refractivity contribution in [2.24, 2.45) is 0 Å². The summed E-state index contributed by atoms with van der Waals surface area (Å²) in [6.07, 6.45) is -0.964. The summed E-state index contributed by atoms with van der Waals surface area (Å²) in [5.74, 6) is -1.12. The molecule has 0 unspecified atom stereocenters. The number of aromatic nitrogens is 1. The number of hydrogen-bond acceptors (Lipinski definition) is 8. The molecule has 0 aliphatic heterocycles. The van der Waals surface area contributed by atoms with E-state index >= 15 is 0 Å². The third-order valence-corrected chi connectivity index (χ3v) is 5.11. The second kappa shape index (κ2) is 11.2. The van der Waals surface area contributed by atoms with E-state index in [9.17, 15) is 14.9 Å². The molecule has 0 radical (unpaired) electrons. The zero-order chi connectivity index (χ0) is 22.3. The highest BCUT2D eigenvalue weighted by atomic mass is 35.5. The number of nitrogens with zero attached hydrogens (tertiary/aromatic N) is 2. The molecule has 8 nitrogen and oxygen atoms in total. The molecule has 0 bridgehead atoms. The highest BCUT2D eigenvalue weighted by molar-refractivity contribution is 8.00. The maximum absolute atomic E-state index is 12.3. The second-order valence-corrected chi connectivity index (χ2v) is 7.51. The quantitative estimate of drug-likeness (QED) is 0.349. The predicted molar refractivity (Wildman–Crippen MR) is 113 cm³/mol. The highest BCUT2D eigenvalue weighted by Gasteiger charge is 2.25. The molecule has 158 valence electrons. The molecule has 0 aliphatic carbocycles. The van der Waals surface area contributed by atoms with E-state index in [0.717, 1.165) is 11.8 Å². The first-order valence-electron chi connectivity index (χ1n) is 8.30. The zero-order valence-corrected chi connectivity index (χ0v) is 18.5. The van der Waals surface area contributed by atoms with Crippen LogP contribution in [0.4, 0.5) is 5.69 Å². The summed E-state index contributed by atoms with van der Waals surface area (Å²) in [5, 5.41) is 13.1. The lowest BCUT2D eigenvalue weighted by atomic mass is 10.1. The number of hydrogen-bond donors (Lipinski definition) is 1. The average Bonchev–Trinajstić information content (AvgIpc) is 2.71. The van der Waals surface area contributed by atoms with Crippen molar-refractivity contribution in [2.45, 2.75) is 11.3 Å². The van der Waals surface area contributed by atoms with Gasteiger partial charge in [-0.25, -0.2) is 9.78 Å². The average molecular weight is 470 g/mol. The van der Waals surface area contributed by atoms with Gasteiger partial charge in [0.2, 0.25) is 12.2 Å². The molecule has 2 aromatic rings. The first kappa shape index (κ1) is 23.9. The van der Waals surface area contributed by atoms with E-state index in [1.54, 1.807) is 18.2 Å². The van der Waals surface area contributed by atoms with Crippen molar-refractivity contribution in [3.05, 3.63) is 51.1 Å². The molecular weight excluding hydrogens is 453 g/mol. The number of carbonyl (C=O) groups is 2. The Morgan fingerprint density at radius 1 is 1.17 bits per heavy atom. The molecule has 1 aromatic heterocycles. The third kappa shape index (κ3) is 6.08. The molecule has 1 amide bonds. The number of halogens is 2. The molecule has 1 N–H and O–H groups in total. The van der Waals surface area contributed by atoms with Gasteiger partial charge in [-0.1, -0.05) is 35.0 Å². The van der Waals surface area contributed by atoms with E-state index in [-0.39, 0.29) is 33.5 Å². The summed E-state index contributed by atoms with van der Waals surface area (Å²) in [5.41, 5.74) is 0.710. The van der Waals surface area contributed by atoms with Crippen molar-refractivity contribution in [3.63, 3.8) is 0 Å². The lowest BCUT2D eigenvalue weighted by Crippen LogP contribution is -2.17. The van der Waals surface area contributed by atoms with Crippen LogP contribution < -0.4 is 5.32 Å². The van der Waals surface area contributed by atoms with Crippen LogP contribution in [-0.4, -0.2) is 43.9 Å². The van der Waals surface area contributed by atoms with Crippen LogP contribution in [0.25, 0.3) is 0 Å². The lowest BCUT2D eigenvalue weighted by molar-refractivity contribution is -0.113. The number of rotatable bonds is 8. The van der Waals surface area contributed by atoms with Gasteiger partial charge in [-0.2, -0.15) is 5.26 Å². The van der Waals surface area contributed by atoms with Gasteiger partial charge in [-0.3, -0.25) is 4.79 Å². The van der Waals surface area contributed by atoms with E-state index in [2.05, 4.69) is 10.3 Å². The van der Waals surface area contributed by atoms with Gasteiger partial charge in [0, 0.05) is 30.0 Å². The number of benzene rings is 1. The Labute approximate surface area is 187 Å². The molecule has 0 saturated heterocycles. The third-order valence-electron chi connectivity index (χ3n) is 3.68. The summed E-state index contributed by atoms with van der Waals surface area (Å²) in [7, 11) is 3.97. The first-order chi connectivity index (χ1) is 14.3. The number of amides is 1. The first-order valence-corrected chi connectivity index (χ1v) is 10.0. The van der Waals surface area contributed by atoms with Crippen molar-refractivity contribution in [3.8, 4) is 6.07 Å². The summed E-state index contributed by atoms with van der Waals surface area (Å²) < 4.78 is 15.1. The summed E-state index contributed by atoms with van der Waals surface area (Å²) >= 11 is 12.9. The van der Waals surface area contributed by atoms with Crippen LogP contribution in [-0.2, 0) is 19.0 Å². The number of carbonyl (C=O) groups excluding carboxylic acids is 2. The van der Waals surface area contributed by atoms with Gasteiger partial charge in [-0.05, 0) is 24.3 Å². The predicted octanol–water partition coefficient (Wildman–Crippen LogP) is 4.07. The van der Waals surface area contributed by atoms with Crippen LogP contribution in [0, 0.1) is 11.3 Å². The van der Waals surface area contributed by atoms with E-state index in [1.807, 2.05) is 6.07 Å². The standard InChI is InChI=1S/C19H17Cl2N3O5S/c1-27-18(26)14-4-10(8-22)17(24-16(14)19(28-2)29-3)30-9-15(25)23-13-6-11(20)5-12(21)7-13/h4-7,19H,9H2,1-3H3,(H,23,25).